The largest absolute Gasteiger partial charge is 0.508 e. The number of ether oxygens (including phenoxy) is 1. The van der Waals surface area contributed by atoms with Crippen molar-refractivity contribution in [3.8, 4) is 62.3 Å². The molecular weight excluding hydrogens is 889 g/mol. The van der Waals surface area contributed by atoms with Crippen LogP contribution in [-0.2, 0) is 21.7 Å². The fourth-order valence-corrected chi connectivity index (χ4v) is 7.60. The Hall–Kier alpha value is -6.44. The first-order chi connectivity index (χ1) is 31.5. The highest BCUT2D eigenvalue weighted by atomic mass is 79.9. The quantitative estimate of drug-likeness (QED) is 0.179. The van der Waals surface area contributed by atoms with Gasteiger partial charge in [0.05, 0.1) is 22.8 Å². The summed E-state index contributed by atoms with van der Waals surface area (Å²) in [5, 5.41) is 9.25. The van der Waals surface area contributed by atoms with Crippen LogP contribution in [0.15, 0.2) is 175 Å². The Morgan fingerprint density at radius 1 is 0.358 bits per heavy atom. The van der Waals surface area contributed by atoms with Crippen LogP contribution in [0.2, 0.25) is 0 Å². The Balaban J connectivity index is 0.000000185. The topological polar surface area (TPSA) is 81.0 Å². The minimum Gasteiger partial charge on any atom is -0.508 e. The molecule has 0 unspecified atom stereocenters. The first-order valence-corrected chi connectivity index (χ1v) is 23.6. The average Bonchev–Trinajstić information content (AvgIpc) is 3.29. The second-order valence-corrected chi connectivity index (χ2v) is 21.9. The van der Waals surface area contributed by atoms with Crippen molar-refractivity contribution in [1.82, 2.24) is 19.9 Å². The SMILES string of the molecule is CC(C)(C)c1cc(Br)cc(-c2cc(C(C)(C)C)ccn2)c1.CC(C)(C)c1cc(Oc2cccc(-c3ccccn3)c2)cc(-c2cc(C(C)(C)C)ccn2)c1.Oc1cccc(-c2ccccn2)c1. The van der Waals surface area contributed by atoms with E-state index in [4.69, 9.17) is 4.74 Å². The normalized spacial score (nSPS) is 11.7. The van der Waals surface area contributed by atoms with Gasteiger partial charge in [0.1, 0.15) is 17.2 Å². The van der Waals surface area contributed by atoms with Gasteiger partial charge in [-0.1, -0.05) is 135 Å². The van der Waals surface area contributed by atoms with Gasteiger partial charge in [-0.3, -0.25) is 19.9 Å². The van der Waals surface area contributed by atoms with Crippen molar-refractivity contribution in [2.24, 2.45) is 0 Å². The molecule has 0 bridgehead atoms. The van der Waals surface area contributed by atoms with Gasteiger partial charge in [-0.25, -0.2) is 0 Å². The molecule has 7 heteroatoms. The van der Waals surface area contributed by atoms with Crippen LogP contribution in [-0.4, -0.2) is 25.0 Å². The number of phenols is 1. The van der Waals surface area contributed by atoms with Gasteiger partial charge in [0.15, 0.2) is 0 Å². The zero-order chi connectivity index (χ0) is 48.6. The maximum absolute atomic E-state index is 9.25. The Kier molecular flexibility index (Phi) is 15.7. The third kappa shape index (κ3) is 14.3. The van der Waals surface area contributed by atoms with E-state index in [1.54, 1.807) is 30.6 Å². The van der Waals surface area contributed by atoms with Gasteiger partial charge in [0.25, 0.3) is 0 Å². The van der Waals surface area contributed by atoms with Crippen molar-refractivity contribution in [2.75, 3.05) is 0 Å². The van der Waals surface area contributed by atoms with Gasteiger partial charge in [-0.15, -0.1) is 0 Å². The van der Waals surface area contributed by atoms with Crippen LogP contribution in [0.1, 0.15) is 105 Å². The molecule has 0 radical (unpaired) electrons. The van der Waals surface area contributed by atoms with Crippen LogP contribution in [0, 0.1) is 0 Å². The molecule has 0 fully saturated rings. The molecule has 67 heavy (non-hydrogen) atoms. The molecule has 0 aliphatic heterocycles. The summed E-state index contributed by atoms with van der Waals surface area (Å²) in [6.45, 7) is 26.7. The molecule has 0 aliphatic rings. The van der Waals surface area contributed by atoms with Crippen molar-refractivity contribution >= 4 is 15.9 Å². The highest BCUT2D eigenvalue weighted by Crippen LogP contribution is 2.36. The molecule has 1 N–H and O–H groups in total. The number of halogens is 1. The smallest absolute Gasteiger partial charge is 0.128 e. The summed E-state index contributed by atoms with van der Waals surface area (Å²) in [5.41, 5.74) is 13.4. The number of hydrogen-bond donors (Lipinski definition) is 1. The van der Waals surface area contributed by atoms with Gasteiger partial charge in [-0.05, 0) is 153 Å². The van der Waals surface area contributed by atoms with Crippen LogP contribution >= 0.6 is 15.9 Å². The number of pyridine rings is 4. The van der Waals surface area contributed by atoms with Gasteiger partial charge in [0.2, 0.25) is 0 Å². The molecule has 4 aromatic carbocycles. The summed E-state index contributed by atoms with van der Waals surface area (Å²) in [7, 11) is 0. The first-order valence-electron chi connectivity index (χ1n) is 22.8. The Bertz CT molecular complexity index is 2890. The van der Waals surface area contributed by atoms with Crippen LogP contribution < -0.4 is 4.74 Å². The van der Waals surface area contributed by atoms with Crippen molar-refractivity contribution in [1.29, 1.82) is 0 Å². The Labute approximate surface area is 407 Å². The van der Waals surface area contributed by atoms with E-state index in [2.05, 4.69) is 180 Å². The van der Waals surface area contributed by atoms with Crippen LogP contribution in [0.5, 0.6) is 17.2 Å². The third-order valence-corrected chi connectivity index (χ3v) is 11.7. The average molecular weight is 954 g/mol. The van der Waals surface area contributed by atoms with E-state index < -0.39 is 0 Å². The number of phenolic OH excluding ortho intramolecular Hbond substituents is 1. The van der Waals surface area contributed by atoms with Crippen molar-refractivity contribution in [2.45, 2.75) is 105 Å². The van der Waals surface area contributed by atoms with E-state index in [9.17, 15) is 5.11 Å². The summed E-state index contributed by atoms with van der Waals surface area (Å²) in [6.07, 6.45) is 7.35. The lowest BCUT2D eigenvalue weighted by molar-refractivity contribution is 0.475. The molecule has 0 saturated heterocycles. The van der Waals surface area contributed by atoms with Gasteiger partial charge < -0.3 is 9.84 Å². The van der Waals surface area contributed by atoms with Crippen molar-refractivity contribution < 1.29 is 9.84 Å². The number of hydrogen-bond acceptors (Lipinski definition) is 6. The predicted octanol–water partition coefficient (Wildman–Crippen LogP) is 16.8. The molecule has 4 aromatic heterocycles. The van der Waals surface area contributed by atoms with Gasteiger partial charge in [-0.2, -0.15) is 0 Å². The summed E-state index contributed by atoms with van der Waals surface area (Å²) < 4.78 is 7.48. The highest BCUT2D eigenvalue weighted by molar-refractivity contribution is 9.10. The number of rotatable bonds is 6. The van der Waals surface area contributed by atoms with Crippen molar-refractivity contribution in [3.63, 3.8) is 0 Å². The highest BCUT2D eigenvalue weighted by Gasteiger charge is 2.21. The second kappa shape index (κ2) is 21.0. The lowest BCUT2D eigenvalue weighted by atomic mass is 9.84. The maximum atomic E-state index is 9.25. The number of benzene rings is 4. The van der Waals surface area contributed by atoms with E-state index in [-0.39, 0.29) is 27.4 Å². The maximum Gasteiger partial charge on any atom is 0.128 e. The zero-order valence-corrected chi connectivity index (χ0v) is 42.8. The first kappa shape index (κ1) is 50.0. The molecule has 4 heterocycles. The van der Waals surface area contributed by atoms with E-state index in [1.807, 2.05) is 79.1 Å². The summed E-state index contributed by atoms with van der Waals surface area (Å²) >= 11 is 3.63. The van der Waals surface area contributed by atoms with E-state index in [0.717, 1.165) is 55.4 Å². The van der Waals surface area contributed by atoms with E-state index >= 15 is 0 Å². The van der Waals surface area contributed by atoms with Crippen LogP contribution in [0.4, 0.5) is 0 Å². The fraction of sp³-hybridized carbons (Fsp3) is 0.267. The van der Waals surface area contributed by atoms with Crippen LogP contribution in [0.3, 0.4) is 0 Å². The molecule has 8 rings (SSSR count). The van der Waals surface area contributed by atoms with Gasteiger partial charge in [0, 0.05) is 51.5 Å². The Morgan fingerprint density at radius 3 is 1.28 bits per heavy atom. The van der Waals surface area contributed by atoms with E-state index in [0.29, 0.717) is 0 Å². The summed E-state index contributed by atoms with van der Waals surface area (Å²) in [5.74, 6) is 1.85. The molecule has 0 aliphatic carbocycles. The minimum atomic E-state index is -0.0223. The number of aromatic hydroxyl groups is 1. The summed E-state index contributed by atoms with van der Waals surface area (Å²) in [4.78, 5) is 17.9. The standard InChI is InChI=1S/C30H32N2O.C19H24BrN.C11H9NO/c1-29(2,3)23-13-15-32-28(20-23)22-16-24(30(4,5)6)19-26(18-22)33-25-11-9-10-21(17-25)27-12-7-8-14-31-27;1-18(2,3)14-7-8-21-17(12-14)13-9-15(19(4,5)6)11-16(20)10-13;13-10-5-3-4-9(8-10)11-6-1-2-7-12-11/h7-20H,1-6H3;7-12H,1-6H3;1-8,13H. The molecule has 0 spiro atoms. The molecular formula is C60H65BrN4O2. The third-order valence-electron chi connectivity index (χ3n) is 11.2. The number of aromatic nitrogens is 4. The number of nitrogens with zero attached hydrogens (tertiary/aromatic N) is 4. The molecule has 344 valence electrons. The lowest BCUT2D eigenvalue weighted by Gasteiger charge is -2.22. The molecule has 0 saturated carbocycles. The Morgan fingerprint density at radius 2 is 0.806 bits per heavy atom. The van der Waals surface area contributed by atoms with Crippen molar-refractivity contribution in [3.05, 3.63) is 197 Å². The molecule has 8 aromatic rings. The molecule has 0 amide bonds. The fourth-order valence-electron chi connectivity index (χ4n) is 7.11. The monoisotopic (exact) mass is 952 g/mol. The molecule has 0 atom stereocenters. The van der Waals surface area contributed by atoms with E-state index in [1.165, 1.54) is 27.8 Å². The minimum absolute atomic E-state index is 0.0223. The predicted molar refractivity (Wildman–Crippen MR) is 283 cm³/mol. The lowest BCUT2D eigenvalue weighted by Crippen LogP contribution is -2.12. The molecule has 6 nitrogen and oxygen atoms in total. The zero-order valence-electron chi connectivity index (χ0n) is 41.2. The summed E-state index contributed by atoms with van der Waals surface area (Å²) in [6, 6.07) is 48.4. The van der Waals surface area contributed by atoms with Gasteiger partial charge >= 0.3 is 0 Å². The second-order valence-electron chi connectivity index (χ2n) is 20.9. The van der Waals surface area contributed by atoms with Crippen LogP contribution in [0.25, 0.3) is 45.0 Å².